The summed E-state index contributed by atoms with van der Waals surface area (Å²) >= 11 is 0. The highest BCUT2D eigenvalue weighted by molar-refractivity contribution is 5.99. The van der Waals surface area contributed by atoms with Gasteiger partial charge in [0.05, 0.1) is 6.42 Å². The molecule has 4 heteroatoms. The van der Waals surface area contributed by atoms with Crippen LogP contribution in [0, 0.1) is 0 Å². The lowest BCUT2D eigenvalue weighted by Gasteiger charge is -2.26. The second kappa shape index (κ2) is 4.71. The number of amides is 1. The van der Waals surface area contributed by atoms with Crippen LogP contribution < -0.4 is 11.1 Å². The maximum atomic E-state index is 11.3. The number of carbonyl (C=O) groups excluding carboxylic acids is 1. The standard InChI is InChI=1S/C14H21N3O/c1-14(2,15)9-17(3)8-10-4-5-12-11(6-10)7-13(18)16-12/h4-6H,7-9,15H2,1-3H3,(H,16,18). The summed E-state index contributed by atoms with van der Waals surface area (Å²) in [6, 6.07) is 6.15. The minimum Gasteiger partial charge on any atom is -0.326 e. The molecule has 0 spiro atoms. The normalized spacial score (nSPS) is 14.8. The molecule has 0 saturated heterocycles. The van der Waals surface area contributed by atoms with E-state index < -0.39 is 0 Å². The van der Waals surface area contributed by atoms with Crippen LogP contribution in [0.1, 0.15) is 25.0 Å². The Morgan fingerprint density at radius 3 is 2.83 bits per heavy atom. The number of likely N-dealkylation sites (N-methyl/N-ethyl adjacent to an activating group) is 1. The SMILES string of the molecule is CN(Cc1ccc2c(c1)CC(=O)N2)CC(C)(C)N. The van der Waals surface area contributed by atoms with Crippen LogP contribution in [0.25, 0.3) is 0 Å². The minimum atomic E-state index is -0.191. The van der Waals surface area contributed by atoms with Crippen LogP contribution in [-0.4, -0.2) is 29.9 Å². The number of nitrogens with one attached hydrogen (secondary N) is 1. The van der Waals surface area contributed by atoms with E-state index in [1.54, 1.807) is 0 Å². The lowest BCUT2D eigenvalue weighted by Crippen LogP contribution is -2.43. The van der Waals surface area contributed by atoms with Gasteiger partial charge >= 0.3 is 0 Å². The number of anilines is 1. The van der Waals surface area contributed by atoms with Crippen molar-refractivity contribution in [1.82, 2.24) is 4.90 Å². The Morgan fingerprint density at radius 1 is 1.44 bits per heavy atom. The maximum Gasteiger partial charge on any atom is 0.228 e. The van der Waals surface area contributed by atoms with Gasteiger partial charge in [0.1, 0.15) is 0 Å². The molecule has 0 bridgehead atoms. The Bertz CT molecular complexity index is 463. The number of benzene rings is 1. The molecule has 1 aliphatic rings. The lowest BCUT2D eigenvalue weighted by molar-refractivity contribution is -0.115. The average Bonchev–Trinajstić information content (AvgIpc) is 2.53. The van der Waals surface area contributed by atoms with Gasteiger partial charge in [-0.1, -0.05) is 12.1 Å². The van der Waals surface area contributed by atoms with E-state index in [1.165, 1.54) is 5.56 Å². The number of hydrogen-bond donors (Lipinski definition) is 2. The van der Waals surface area contributed by atoms with Gasteiger partial charge in [-0.25, -0.2) is 0 Å². The highest BCUT2D eigenvalue weighted by Gasteiger charge is 2.18. The molecule has 1 aromatic carbocycles. The molecular weight excluding hydrogens is 226 g/mol. The Balaban J connectivity index is 2.03. The Labute approximate surface area is 108 Å². The van der Waals surface area contributed by atoms with Gasteiger partial charge in [-0.15, -0.1) is 0 Å². The second-order valence-electron chi connectivity index (χ2n) is 5.88. The first kappa shape index (κ1) is 13.1. The van der Waals surface area contributed by atoms with E-state index in [2.05, 4.69) is 29.4 Å². The van der Waals surface area contributed by atoms with Crippen molar-refractivity contribution in [3.63, 3.8) is 0 Å². The van der Waals surface area contributed by atoms with Crippen molar-refractivity contribution in [3.05, 3.63) is 29.3 Å². The first-order valence-corrected chi connectivity index (χ1v) is 6.22. The molecule has 2 rings (SSSR count). The van der Waals surface area contributed by atoms with E-state index >= 15 is 0 Å². The minimum absolute atomic E-state index is 0.0820. The van der Waals surface area contributed by atoms with Gasteiger partial charge in [0.15, 0.2) is 0 Å². The van der Waals surface area contributed by atoms with Gasteiger partial charge in [0.2, 0.25) is 5.91 Å². The van der Waals surface area contributed by atoms with E-state index in [4.69, 9.17) is 5.73 Å². The van der Waals surface area contributed by atoms with Crippen molar-refractivity contribution in [2.45, 2.75) is 32.4 Å². The number of nitrogens with two attached hydrogens (primary N) is 1. The summed E-state index contributed by atoms with van der Waals surface area (Å²) in [5, 5.41) is 2.84. The van der Waals surface area contributed by atoms with Crippen LogP contribution in [-0.2, 0) is 17.8 Å². The summed E-state index contributed by atoms with van der Waals surface area (Å²) in [5.41, 5.74) is 9.07. The summed E-state index contributed by atoms with van der Waals surface area (Å²) in [6.07, 6.45) is 0.495. The predicted octanol–water partition coefficient (Wildman–Crippen LogP) is 1.35. The van der Waals surface area contributed by atoms with E-state index in [0.717, 1.165) is 24.3 Å². The van der Waals surface area contributed by atoms with E-state index in [0.29, 0.717) is 6.42 Å². The quantitative estimate of drug-likeness (QED) is 0.844. The number of hydrogen-bond acceptors (Lipinski definition) is 3. The van der Waals surface area contributed by atoms with Crippen LogP contribution >= 0.6 is 0 Å². The highest BCUT2D eigenvalue weighted by Crippen LogP contribution is 2.24. The second-order valence-corrected chi connectivity index (χ2v) is 5.88. The highest BCUT2D eigenvalue weighted by atomic mass is 16.1. The molecule has 1 aliphatic heterocycles. The molecule has 0 aliphatic carbocycles. The van der Waals surface area contributed by atoms with Crippen LogP contribution in [0.2, 0.25) is 0 Å². The summed E-state index contributed by atoms with van der Waals surface area (Å²) in [6.45, 7) is 5.73. The molecule has 1 heterocycles. The van der Waals surface area contributed by atoms with Gasteiger partial charge in [-0.2, -0.15) is 0 Å². The fraction of sp³-hybridized carbons (Fsp3) is 0.500. The van der Waals surface area contributed by atoms with Crippen LogP contribution in [0.4, 0.5) is 5.69 Å². The van der Waals surface area contributed by atoms with Crippen LogP contribution in [0.3, 0.4) is 0 Å². The third-order valence-electron chi connectivity index (χ3n) is 2.92. The van der Waals surface area contributed by atoms with Crippen LogP contribution in [0.15, 0.2) is 18.2 Å². The summed E-state index contributed by atoms with van der Waals surface area (Å²) in [7, 11) is 2.06. The molecule has 1 aromatic rings. The molecule has 4 nitrogen and oxygen atoms in total. The summed E-state index contributed by atoms with van der Waals surface area (Å²) < 4.78 is 0. The largest absolute Gasteiger partial charge is 0.326 e. The fourth-order valence-electron chi connectivity index (χ4n) is 2.44. The predicted molar refractivity (Wildman–Crippen MR) is 73.4 cm³/mol. The molecule has 0 radical (unpaired) electrons. The molecule has 3 N–H and O–H groups in total. The Morgan fingerprint density at radius 2 is 2.17 bits per heavy atom. The van der Waals surface area contributed by atoms with Crippen LogP contribution in [0.5, 0.6) is 0 Å². The molecule has 0 saturated carbocycles. The number of fused-ring (bicyclic) bond motifs is 1. The van der Waals surface area contributed by atoms with Crippen molar-refractivity contribution < 1.29 is 4.79 Å². The van der Waals surface area contributed by atoms with Gasteiger partial charge in [0.25, 0.3) is 0 Å². The Kier molecular flexibility index (Phi) is 3.41. The third-order valence-corrected chi connectivity index (χ3v) is 2.92. The number of rotatable bonds is 4. The zero-order valence-corrected chi connectivity index (χ0v) is 11.3. The summed E-state index contributed by atoms with van der Waals surface area (Å²) in [5.74, 6) is 0.0820. The van der Waals surface area contributed by atoms with Crippen molar-refractivity contribution in [2.75, 3.05) is 18.9 Å². The summed E-state index contributed by atoms with van der Waals surface area (Å²) in [4.78, 5) is 13.5. The molecular formula is C14H21N3O. The number of carbonyl (C=O) groups is 1. The molecule has 18 heavy (non-hydrogen) atoms. The lowest BCUT2D eigenvalue weighted by atomic mass is 10.1. The third kappa shape index (κ3) is 3.31. The van der Waals surface area contributed by atoms with Crippen molar-refractivity contribution in [2.24, 2.45) is 5.73 Å². The zero-order chi connectivity index (χ0) is 13.3. The van der Waals surface area contributed by atoms with E-state index in [-0.39, 0.29) is 11.4 Å². The first-order chi connectivity index (χ1) is 8.33. The van der Waals surface area contributed by atoms with Gasteiger partial charge in [0, 0.05) is 24.3 Å². The van der Waals surface area contributed by atoms with Crippen molar-refractivity contribution in [1.29, 1.82) is 0 Å². The monoisotopic (exact) mass is 247 g/mol. The van der Waals surface area contributed by atoms with E-state index in [9.17, 15) is 4.79 Å². The first-order valence-electron chi connectivity index (χ1n) is 6.22. The molecule has 0 unspecified atom stereocenters. The molecule has 0 atom stereocenters. The van der Waals surface area contributed by atoms with Gasteiger partial charge in [-0.3, -0.25) is 4.79 Å². The molecule has 0 fully saturated rings. The molecule has 1 amide bonds. The number of nitrogens with zero attached hydrogens (tertiary/aromatic N) is 1. The average molecular weight is 247 g/mol. The van der Waals surface area contributed by atoms with Gasteiger partial charge < -0.3 is 16.0 Å². The zero-order valence-electron chi connectivity index (χ0n) is 11.3. The van der Waals surface area contributed by atoms with E-state index in [1.807, 2.05) is 19.9 Å². The fourth-order valence-corrected chi connectivity index (χ4v) is 2.44. The van der Waals surface area contributed by atoms with Gasteiger partial charge in [-0.05, 0) is 38.1 Å². The Hall–Kier alpha value is -1.39. The van der Waals surface area contributed by atoms with Crippen molar-refractivity contribution in [3.8, 4) is 0 Å². The topological polar surface area (TPSA) is 58.4 Å². The molecule has 98 valence electrons. The maximum absolute atomic E-state index is 11.3. The smallest absolute Gasteiger partial charge is 0.228 e. The molecule has 0 aromatic heterocycles. The van der Waals surface area contributed by atoms with Crippen molar-refractivity contribution >= 4 is 11.6 Å².